The molecule has 0 heterocycles. The van der Waals surface area contributed by atoms with Crippen molar-refractivity contribution >= 4 is 23.2 Å². The number of anilines is 2. The van der Waals surface area contributed by atoms with Gasteiger partial charge in [0, 0.05) is 23.7 Å². The van der Waals surface area contributed by atoms with Gasteiger partial charge in [0.25, 0.3) is 11.8 Å². The molecule has 2 amide bonds. The summed E-state index contributed by atoms with van der Waals surface area (Å²) >= 11 is 0. The second-order valence-corrected chi connectivity index (χ2v) is 7.35. The van der Waals surface area contributed by atoms with Crippen molar-refractivity contribution < 1.29 is 9.59 Å². The summed E-state index contributed by atoms with van der Waals surface area (Å²) in [7, 11) is 0. The summed E-state index contributed by atoms with van der Waals surface area (Å²) in [5.74, 6) is 6.39. The molecule has 1 unspecified atom stereocenters. The highest BCUT2D eigenvalue weighted by Crippen LogP contribution is 2.23. The van der Waals surface area contributed by atoms with Gasteiger partial charge in [0.05, 0.1) is 11.4 Å². The van der Waals surface area contributed by atoms with Crippen molar-refractivity contribution in [1.29, 1.82) is 0 Å². The van der Waals surface area contributed by atoms with Crippen LogP contribution in [0.3, 0.4) is 0 Å². The van der Waals surface area contributed by atoms with Crippen LogP contribution in [-0.2, 0) is 0 Å². The second kappa shape index (κ2) is 9.90. The molecule has 2 rings (SSSR count). The Balaban J connectivity index is 2.11. The highest BCUT2D eigenvalue weighted by Gasteiger charge is 2.12. The van der Waals surface area contributed by atoms with Crippen LogP contribution in [0.1, 0.15) is 54.8 Å². The molecule has 0 aliphatic carbocycles. The van der Waals surface area contributed by atoms with Gasteiger partial charge in [0.15, 0.2) is 0 Å². The van der Waals surface area contributed by atoms with Gasteiger partial charge in [-0.15, -0.1) is 0 Å². The molecule has 0 fully saturated rings. The lowest BCUT2D eigenvalue weighted by Crippen LogP contribution is -2.32. The first-order valence-electron chi connectivity index (χ1n) is 9.65. The van der Waals surface area contributed by atoms with E-state index in [2.05, 4.69) is 10.6 Å². The lowest BCUT2D eigenvalue weighted by atomic mass is 10.1. The maximum absolute atomic E-state index is 12.3. The van der Waals surface area contributed by atoms with E-state index in [1.807, 2.05) is 33.8 Å². The number of carbonyl (C=O) groups excluding carboxylic acids is 2. The first kappa shape index (κ1) is 21.4. The van der Waals surface area contributed by atoms with Gasteiger partial charge < -0.3 is 10.6 Å². The molecule has 6 heteroatoms. The molecule has 4 N–H and O–H groups in total. The highest BCUT2D eigenvalue weighted by molar-refractivity contribution is 5.96. The van der Waals surface area contributed by atoms with E-state index in [9.17, 15) is 9.59 Å². The predicted molar refractivity (Wildman–Crippen MR) is 114 cm³/mol. The second-order valence-electron chi connectivity index (χ2n) is 7.35. The minimum atomic E-state index is -0.124. The molecule has 150 valence electrons. The Morgan fingerprint density at radius 2 is 1.64 bits per heavy atom. The number of carbonyl (C=O) groups is 2. The smallest absolute Gasteiger partial charge is 0.251 e. The highest BCUT2D eigenvalue weighted by atomic mass is 16.2. The lowest BCUT2D eigenvalue weighted by Gasteiger charge is -2.20. The zero-order valence-corrected chi connectivity index (χ0v) is 17.0. The van der Waals surface area contributed by atoms with Crippen molar-refractivity contribution in [3.63, 3.8) is 0 Å². The summed E-state index contributed by atoms with van der Waals surface area (Å²) < 4.78 is 0. The average Bonchev–Trinajstić information content (AvgIpc) is 2.71. The first-order chi connectivity index (χ1) is 13.3. The van der Waals surface area contributed by atoms with Crippen molar-refractivity contribution in [3.8, 4) is 0 Å². The number of hydrogen-bond donors (Lipinski definition) is 3. The number of nitrogens with zero attached hydrogens (tertiary/aromatic N) is 1. The first-order valence-corrected chi connectivity index (χ1v) is 9.65. The van der Waals surface area contributed by atoms with Crippen LogP contribution in [0.25, 0.3) is 0 Å². The van der Waals surface area contributed by atoms with Crippen molar-refractivity contribution in [2.75, 3.05) is 11.6 Å². The van der Waals surface area contributed by atoms with Gasteiger partial charge in [-0.1, -0.05) is 26.8 Å². The van der Waals surface area contributed by atoms with Crippen LogP contribution < -0.4 is 21.5 Å². The summed E-state index contributed by atoms with van der Waals surface area (Å²) in [6.07, 6.45) is 0.876. The standard InChI is InChI=1S/C22H30N4O2/c1-5-16(4)25-22(28)17-9-11-19(12-10-17)26(23)20-8-6-7-18(13-20)21(27)24-14-15(2)3/h6-13,15-16H,5,14,23H2,1-4H3,(H,24,27)(H,25,28). The molecular formula is C22H30N4O2. The number of amides is 2. The number of nitrogens with two attached hydrogens (primary N) is 1. The van der Waals surface area contributed by atoms with E-state index in [0.29, 0.717) is 29.3 Å². The fraction of sp³-hybridized carbons (Fsp3) is 0.364. The van der Waals surface area contributed by atoms with Crippen LogP contribution in [0.2, 0.25) is 0 Å². The molecule has 28 heavy (non-hydrogen) atoms. The van der Waals surface area contributed by atoms with Gasteiger partial charge in [-0.3, -0.25) is 14.6 Å². The monoisotopic (exact) mass is 382 g/mol. The zero-order valence-electron chi connectivity index (χ0n) is 17.0. The van der Waals surface area contributed by atoms with Gasteiger partial charge in [0.1, 0.15) is 0 Å². The molecule has 2 aromatic rings. The van der Waals surface area contributed by atoms with Crippen molar-refractivity contribution in [2.45, 2.75) is 40.2 Å². The molecule has 0 bridgehead atoms. The maximum Gasteiger partial charge on any atom is 0.251 e. The van der Waals surface area contributed by atoms with Gasteiger partial charge in [-0.2, -0.15) is 0 Å². The predicted octanol–water partition coefficient (Wildman–Crippen LogP) is 3.61. The molecule has 0 aromatic heterocycles. The number of nitrogens with one attached hydrogen (secondary N) is 2. The topological polar surface area (TPSA) is 87.5 Å². The van der Waals surface area contributed by atoms with Crippen LogP contribution in [0, 0.1) is 5.92 Å². The Labute approximate surface area is 167 Å². The van der Waals surface area contributed by atoms with Crippen LogP contribution in [0.15, 0.2) is 48.5 Å². The third kappa shape index (κ3) is 5.82. The Morgan fingerprint density at radius 1 is 0.964 bits per heavy atom. The molecule has 0 radical (unpaired) electrons. The molecular weight excluding hydrogens is 352 g/mol. The molecule has 2 aromatic carbocycles. The SMILES string of the molecule is CCC(C)NC(=O)c1ccc(N(N)c2cccc(C(=O)NCC(C)C)c2)cc1. The van der Waals surface area contributed by atoms with Crippen LogP contribution >= 0.6 is 0 Å². The fourth-order valence-corrected chi connectivity index (χ4v) is 2.53. The van der Waals surface area contributed by atoms with E-state index < -0.39 is 0 Å². The molecule has 0 spiro atoms. The van der Waals surface area contributed by atoms with Crippen LogP contribution in [-0.4, -0.2) is 24.4 Å². The Hall–Kier alpha value is -2.86. The fourth-order valence-electron chi connectivity index (χ4n) is 2.53. The van der Waals surface area contributed by atoms with Gasteiger partial charge in [-0.05, 0) is 61.7 Å². The molecule has 0 saturated heterocycles. The summed E-state index contributed by atoms with van der Waals surface area (Å²) in [6.45, 7) is 8.71. The number of hydrogen-bond acceptors (Lipinski definition) is 4. The lowest BCUT2D eigenvalue weighted by molar-refractivity contribution is 0.0934. The van der Waals surface area contributed by atoms with Gasteiger partial charge >= 0.3 is 0 Å². The van der Waals surface area contributed by atoms with E-state index in [1.54, 1.807) is 42.5 Å². The molecule has 1 atom stereocenters. The summed E-state index contributed by atoms with van der Waals surface area (Å²) in [4.78, 5) is 24.5. The molecule has 6 nitrogen and oxygen atoms in total. The Bertz CT molecular complexity index is 802. The molecule has 0 aliphatic rings. The number of rotatable bonds is 8. The average molecular weight is 383 g/mol. The Morgan fingerprint density at radius 3 is 2.25 bits per heavy atom. The minimum absolute atomic E-state index is 0.103. The molecule has 0 saturated carbocycles. The molecule has 0 aliphatic heterocycles. The summed E-state index contributed by atoms with van der Waals surface area (Å²) in [6, 6.07) is 14.3. The van der Waals surface area contributed by atoms with Crippen molar-refractivity contribution in [3.05, 3.63) is 59.7 Å². The van der Waals surface area contributed by atoms with E-state index in [4.69, 9.17) is 5.84 Å². The third-order valence-corrected chi connectivity index (χ3v) is 4.45. The largest absolute Gasteiger partial charge is 0.352 e. The number of benzene rings is 2. The maximum atomic E-state index is 12.3. The van der Waals surface area contributed by atoms with Crippen molar-refractivity contribution in [1.82, 2.24) is 10.6 Å². The zero-order chi connectivity index (χ0) is 20.7. The van der Waals surface area contributed by atoms with E-state index >= 15 is 0 Å². The summed E-state index contributed by atoms with van der Waals surface area (Å²) in [5, 5.41) is 7.34. The normalized spacial score (nSPS) is 11.8. The number of hydrazine groups is 1. The van der Waals surface area contributed by atoms with E-state index in [-0.39, 0.29) is 17.9 Å². The van der Waals surface area contributed by atoms with Crippen molar-refractivity contribution in [2.24, 2.45) is 11.8 Å². The summed E-state index contributed by atoms with van der Waals surface area (Å²) in [5.41, 5.74) is 2.55. The minimum Gasteiger partial charge on any atom is -0.352 e. The van der Waals surface area contributed by atoms with Gasteiger partial charge in [0.2, 0.25) is 0 Å². The quantitative estimate of drug-likeness (QED) is 0.481. The Kier molecular flexibility index (Phi) is 7.58. The van der Waals surface area contributed by atoms with E-state index in [0.717, 1.165) is 12.1 Å². The third-order valence-electron chi connectivity index (χ3n) is 4.45. The van der Waals surface area contributed by atoms with E-state index in [1.165, 1.54) is 5.01 Å². The van der Waals surface area contributed by atoms with Gasteiger partial charge in [-0.25, -0.2) is 5.84 Å². The van der Waals surface area contributed by atoms with Crippen LogP contribution in [0.5, 0.6) is 0 Å². The van der Waals surface area contributed by atoms with Crippen LogP contribution in [0.4, 0.5) is 11.4 Å².